The predicted octanol–water partition coefficient (Wildman–Crippen LogP) is 4.98. The minimum Gasteiger partial charge on any atom is -0.339 e. The summed E-state index contributed by atoms with van der Waals surface area (Å²) in [5.41, 5.74) is 0.836. The van der Waals surface area contributed by atoms with Gasteiger partial charge < -0.3 is 5.32 Å². The molecule has 2 aromatic carbocycles. The third kappa shape index (κ3) is 4.14. The van der Waals surface area contributed by atoms with Gasteiger partial charge in [-0.1, -0.05) is 18.2 Å². The summed E-state index contributed by atoms with van der Waals surface area (Å²) in [6, 6.07) is 8.77. The molecule has 3 aromatic rings. The van der Waals surface area contributed by atoms with Gasteiger partial charge in [0.25, 0.3) is 11.8 Å². The van der Waals surface area contributed by atoms with Crippen molar-refractivity contribution in [3.05, 3.63) is 82.3 Å². The van der Waals surface area contributed by atoms with Crippen LogP contribution in [0, 0.1) is 12.7 Å². The zero-order valence-electron chi connectivity index (χ0n) is 19.6. The number of anilines is 1. The van der Waals surface area contributed by atoms with Gasteiger partial charge in [0.2, 0.25) is 0 Å². The molecular weight excluding hydrogens is 476 g/mol. The summed E-state index contributed by atoms with van der Waals surface area (Å²) in [4.78, 5) is 28.5. The lowest BCUT2D eigenvalue weighted by atomic mass is 9.81. The first kappa shape index (κ1) is 24.0. The van der Waals surface area contributed by atoms with Crippen LogP contribution in [0.2, 0.25) is 0 Å². The number of aromatic nitrogens is 2. The van der Waals surface area contributed by atoms with E-state index in [2.05, 4.69) is 5.32 Å². The van der Waals surface area contributed by atoms with Crippen molar-refractivity contribution in [1.29, 1.82) is 0 Å². The Bertz CT molecular complexity index is 1330. The maximum Gasteiger partial charge on any atom is 0.416 e. The third-order valence-corrected chi connectivity index (χ3v) is 6.71. The monoisotopic (exact) mass is 500 g/mol. The lowest BCUT2D eigenvalue weighted by Gasteiger charge is -2.38. The van der Waals surface area contributed by atoms with E-state index < -0.39 is 41.3 Å². The van der Waals surface area contributed by atoms with Gasteiger partial charge in [0, 0.05) is 23.6 Å². The quantitative estimate of drug-likeness (QED) is 0.503. The molecule has 2 heterocycles. The molecule has 0 saturated heterocycles. The SMILES string of the molecule is CCN1C(=O)[C@H](NC(=O)c2cccc(C(F)(F)F)c2)[C@@H](c2ccc(F)cc2)c2c(C)nn(C3CC3)c21. The average molecular weight is 500 g/mol. The summed E-state index contributed by atoms with van der Waals surface area (Å²) in [7, 11) is 0. The van der Waals surface area contributed by atoms with Crippen LogP contribution in [0.25, 0.3) is 0 Å². The van der Waals surface area contributed by atoms with E-state index in [1.165, 1.54) is 18.2 Å². The van der Waals surface area contributed by atoms with Crippen molar-refractivity contribution in [2.45, 2.75) is 50.9 Å². The Morgan fingerprint density at radius 1 is 1.14 bits per heavy atom. The number of amides is 2. The van der Waals surface area contributed by atoms with Crippen LogP contribution in [0.5, 0.6) is 0 Å². The second-order valence-electron chi connectivity index (χ2n) is 9.14. The van der Waals surface area contributed by atoms with Gasteiger partial charge in [-0.05, 0) is 62.6 Å². The number of benzene rings is 2. The van der Waals surface area contributed by atoms with Crippen LogP contribution in [0.15, 0.2) is 48.5 Å². The van der Waals surface area contributed by atoms with Crippen LogP contribution in [0.3, 0.4) is 0 Å². The Balaban J connectivity index is 1.60. The van der Waals surface area contributed by atoms with Crippen molar-refractivity contribution in [2.24, 2.45) is 0 Å². The number of halogens is 4. The Morgan fingerprint density at radius 2 is 1.83 bits per heavy atom. The van der Waals surface area contributed by atoms with Crippen LogP contribution in [-0.4, -0.2) is 34.2 Å². The lowest BCUT2D eigenvalue weighted by molar-refractivity contribution is -0.137. The molecule has 36 heavy (non-hydrogen) atoms. The van der Waals surface area contributed by atoms with Gasteiger partial charge >= 0.3 is 6.18 Å². The Labute approximate surface area is 204 Å². The first-order chi connectivity index (χ1) is 17.1. The topological polar surface area (TPSA) is 67.2 Å². The molecule has 5 rings (SSSR count). The van der Waals surface area contributed by atoms with Gasteiger partial charge in [-0.3, -0.25) is 14.5 Å². The molecule has 6 nitrogen and oxygen atoms in total. The summed E-state index contributed by atoms with van der Waals surface area (Å²) in [5, 5.41) is 7.39. The Hall–Kier alpha value is -3.69. The van der Waals surface area contributed by atoms with Crippen LogP contribution >= 0.6 is 0 Å². The third-order valence-electron chi connectivity index (χ3n) is 6.71. The van der Waals surface area contributed by atoms with Crippen molar-refractivity contribution in [2.75, 3.05) is 11.4 Å². The number of carbonyl (C=O) groups is 2. The van der Waals surface area contributed by atoms with Crippen molar-refractivity contribution >= 4 is 17.6 Å². The number of rotatable bonds is 5. The van der Waals surface area contributed by atoms with Gasteiger partial charge in [-0.2, -0.15) is 18.3 Å². The molecule has 0 unspecified atom stereocenters. The van der Waals surface area contributed by atoms with E-state index in [0.717, 1.165) is 36.6 Å². The number of nitrogens with zero attached hydrogens (tertiary/aromatic N) is 3. The summed E-state index contributed by atoms with van der Waals surface area (Å²) in [6.45, 7) is 3.95. The van der Waals surface area contributed by atoms with E-state index in [-0.39, 0.29) is 11.6 Å². The maximum atomic E-state index is 13.8. The van der Waals surface area contributed by atoms with Gasteiger partial charge in [-0.15, -0.1) is 0 Å². The number of aryl methyl sites for hydroxylation is 1. The molecule has 188 valence electrons. The average Bonchev–Trinajstić information content (AvgIpc) is 3.63. The standard InChI is InChI=1S/C26H24F4N4O2/c1-3-33-24-20(14(2)32-34(24)19-11-12-19)21(15-7-9-18(27)10-8-15)22(25(33)36)31-23(35)16-5-4-6-17(13-16)26(28,29)30/h4-10,13,19,21-22H,3,11-12H2,1-2H3,(H,31,35)/t21-,22+/m0/s1. The number of hydrogen-bond donors (Lipinski definition) is 1. The van der Waals surface area contributed by atoms with Crippen LogP contribution in [0.4, 0.5) is 23.4 Å². The summed E-state index contributed by atoms with van der Waals surface area (Å²) in [5.74, 6) is -1.70. The molecule has 1 aliphatic carbocycles. The van der Waals surface area contributed by atoms with Gasteiger partial charge in [0.05, 0.1) is 17.3 Å². The highest BCUT2D eigenvalue weighted by Crippen LogP contribution is 2.47. The van der Waals surface area contributed by atoms with E-state index >= 15 is 0 Å². The summed E-state index contributed by atoms with van der Waals surface area (Å²) in [6.07, 6.45) is -2.73. The van der Waals surface area contributed by atoms with Crippen molar-refractivity contribution in [3.8, 4) is 0 Å². The Morgan fingerprint density at radius 3 is 2.44 bits per heavy atom. The van der Waals surface area contributed by atoms with E-state index in [1.807, 2.05) is 18.5 Å². The fraction of sp³-hybridized carbons (Fsp3) is 0.346. The van der Waals surface area contributed by atoms with E-state index in [9.17, 15) is 27.2 Å². The molecular formula is C26H24F4N4O2. The largest absolute Gasteiger partial charge is 0.416 e. The number of likely N-dealkylation sites (N-methyl/N-ethyl adjacent to an activating group) is 1. The zero-order chi connectivity index (χ0) is 25.8. The van der Waals surface area contributed by atoms with Crippen LogP contribution in [0.1, 0.15) is 64.5 Å². The highest BCUT2D eigenvalue weighted by Gasteiger charge is 2.47. The second-order valence-corrected chi connectivity index (χ2v) is 9.14. The van der Waals surface area contributed by atoms with Gasteiger partial charge in [0.15, 0.2) is 0 Å². The highest BCUT2D eigenvalue weighted by molar-refractivity contribution is 6.05. The fourth-order valence-corrected chi connectivity index (χ4v) is 4.88. The molecule has 1 aliphatic heterocycles. The predicted molar refractivity (Wildman–Crippen MR) is 124 cm³/mol. The van der Waals surface area contributed by atoms with Crippen LogP contribution < -0.4 is 10.2 Å². The molecule has 0 spiro atoms. The number of alkyl halides is 3. The fourth-order valence-electron chi connectivity index (χ4n) is 4.88. The van der Waals surface area contributed by atoms with Crippen molar-refractivity contribution < 1.29 is 27.2 Å². The Kier molecular flexibility index (Phi) is 5.84. The van der Waals surface area contributed by atoms with Gasteiger partial charge in [0.1, 0.15) is 17.7 Å². The lowest BCUT2D eigenvalue weighted by Crippen LogP contribution is -2.55. The molecule has 1 saturated carbocycles. The maximum absolute atomic E-state index is 13.8. The number of fused-ring (bicyclic) bond motifs is 1. The normalized spacial score (nSPS) is 19.8. The second kappa shape index (κ2) is 8.76. The minimum absolute atomic E-state index is 0.180. The van der Waals surface area contributed by atoms with Crippen LogP contribution in [-0.2, 0) is 11.0 Å². The van der Waals surface area contributed by atoms with Crippen molar-refractivity contribution in [3.63, 3.8) is 0 Å². The number of nitrogens with one attached hydrogen (secondary N) is 1. The minimum atomic E-state index is -4.62. The van der Waals surface area contributed by atoms with Gasteiger partial charge in [-0.25, -0.2) is 9.07 Å². The smallest absolute Gasteiger partial charge is 0.339 e. The highest BCUT2D eigenvalue weighted by atomic mass is 19.4. The summed E-state index contributed by atoms with van der Waals surface area (Å²) >= 11 is 0. The molecule has 10 heteroatoms. The molecule has 2 aliphatic rings. The molecule has 0 radical (unpaired) electrons. The number of carbonyl (C=O) groups excluding carboxylic acids is 2. The molecule has 1 fully saturated rings. The summed E-state index contributed by atoms with van der Waals surface area (Å²) < 4.78 is 55.2. The van der Waals surface area contributed by atoms with E-state index in [4.69, 9.17) is 5.10 Å². The molecule has 1 N–H and O–H groups in total. The molecule has 2 amide bonds. The molecule has 1 aromatic heterocycles. The number of hydrogen-bond acceptors (Lipinski definition) is 3. The molecule has 0 bridgehead atoms. The first-order valence-electron chi connectivity index (χ1n) is 11.7. The van der Waals surface area contributed by atoms with E-state index in [1.54, 1.807) is 17.0 Å². The van der Waals surface area contributed by atoms with E-state index in [0.29, 0.717) is 23.6 Å². The van der Waals surface area contributed by atoms with Crippen molar-refractivity contribution in [1.82, 2.24) is 15.1 Å². The molecule has 2 atom stereocenters. The first-order valence-corrected chi connectivity index (χ1v) is 11.7. The zero-order valence-corrected chi connectivity index (χ0v) is 19.6.